The average Bonchev–Trinajstić information content (AvgIpc) is 3.12. The van der Waals surface area contributed by atoms with Crippen molar-refractivity contribution in [1.82, 2.24) is 14.8 Å². The van der Waals surface area contributed by atoms with Gasteiger partial charge < -0.3 is 14.1 Å². The van der Waals surface area contributed by atoms with Crippen molar-refractivity contribution in [3.63, 3.8) is 0 Å². The zero-order chi connectivity index (χ0) is 16.8. The van der Waals surface area contributed by atoms with Crippen molar-refractivity contribution in [2.75, 3.05) is 39.4 Å². The number of rotatable bonds is 6. The van der Waals surface area contributed by atoms with Gasteiger partial charge >= 0.3 is 0 Å². The second kappa shape index (κ2) is 8.03. The third-order valence-electron chi connectivity index (χ3n) is 4.01. The third-order valence-corrected chi connectivity index (χ3v) is 4.01. The molecule has 3 rings (SSSR count). The molecule has 1 aliphatic heterocycles. The molecule has 2 aromatic heterocycles. The fourth-order valence-corrected chi connectivity index (χ4v) is 2.65. The van der Waals surface area contributed by atoms with Gasteiger partial charge in [-0.2, -0.15) is 0 Å². The van der Waals surface area contributed by atoms with Gasteiger partial charge in [0, 0.05) is 32.4 Å². The van der Waals surface area contributed by atoms with Crippen LogP contribution in [0.1, 0.15) is 16.1 Å². The lowest BCUT2D eigenvalue weighted by molar-refractivity contribution is 0.0316. The Kier molecular flexibility index (Phi) is 5.55. The van der Waals surface area contributed by atoms with Crippen LogP contribution >= 0.6 is 0 Å². The summed E-state index contributed by atoms with van der Waals surface area (Å²) in [7, 11) is 0. The standard InChI is InChI=1S/C17H20FN3O3/c18-16-12-19-4-3-15(16)17(22)21(13-14-2-1-9-24-14)6-5-20-7-10-23-11-8-20/h1-4,9,12H,5-8,10-11,13H2. The SMILES string of the molecule is O=C(c1ccncc1F)N(CCN1CCOCC1)Cc1ccco1. The minimum atomic E-state index is -0.613. The van der Waals surface area contributed by atoms with Gasteiger partial charge in [-0.25, -0.2) is 4.39 Å². The highest BCUT2D eigenvalue weighted by Crippen LogP contribution is 2.13. The first-order chi connectivity index (χ1) is 11.7. The molecule has 1 fully saturated rings. The number of morpholine rings is 1. The molecule has 7 heteroatoms. The number of hydrogen-bond acceptors (Lipinski definition) is 5. The summed E-state index contributed by atoms with van der Waals surface area (Å²) in [5.41, 5.74) is 0.0264. The summed E-state index contributed by atoms with van der Waals surface area (Å²) in [4.78, 5) is 20.3. The van der Waals surface area contributed by atoms with Crippen LogP contribution in [0, 0.1) is 5.82 Å². The summed E-state index contributed by atoms with van der Waals surface area (Å²) >= 11 is 0. The normalized spacial score (nSPS) is 15.4. The van der Waals surface area contributed by atoms with E-state index >= 15 is 0 Å². The Labute approximate surface area is 139 Å². The van der Waals surface area contributed by atoms with Gasteiger partial charge in [0.1, 0.15) is 5.76 Å². The van der Waals surface area contributed by atoms with Crippen LogP contribution in [0.3, 0.4) is 0 Å². The van der Waals surface area contributed by atoms with Crippen molar-refractivity contribution in [3.05, 3.63) is 54.0 Å². The number of nitrogens with zero attached hydrogens (tertiary/aromatic N) is 3. The monoisotopic (exact) mass is 333 g/mol. The van der Waals surface area contributed by atoms with Crippen molar-refractivity contribution in [3.8, 4) is 0 Å². The van der Waals surface area contributed by atoms with E-state index < -0.39 is 5.82 Å². The van der Waals surface area contributed by atoms with E-state index in [9.17, 15) is 9.18 Å². The van der Waals surface area contributed by atoms with Gasteiger partial charge in [0.05, 0.1) is 37.8 Å². The number of carbonyl (C=O) groups is 1. The van der Waals surface area contributed by atoms with E-state index in [1.54, 1.807) is 23.3 Å². The van der Waals surface area contributed by atoms with E-state index in [1.807, 2.05) is 0 Å². The van der Waals surface area contributed by atoms with Crippen molar-refractivity contribution in [1.29, 1.82) is 0 Å². The predicted molar refractivity (Wildman–Crippen MR) is 84.9 cm³/mol. The molecule has 2 aromatic rings. The molecule has 0 saturated carbocycles. The maximum absolute atomic E-state index is 13.9. The smallest absolute Gasteiger partial charge is 0.257 e. The minimum Gasteiger partial charge on any atom is -0.467 e. The van der Waals surface area contributed by atoms with Crippen molar-refractivity contribution >= 4 is 5.91 Å². The topological polar surface area (TPSA) is 58.8 Å². The summed E-state index contributed by atoms with van der Waals surface area (Å²) in [6, 6.07) is 4.98. The maximum atomic E-state index is 13.9. The Balaban J connectivity index is 1.71. The first-order valence-corrected chi connectivity index (χ1v) is 7.95. The van der Waals surface area contributed by atoms with Crippen molar-refractivity contribution < 1.29 is 18.3 Å². The van der Waals surface area contributed by atoms with Crippen molar-refractivity contribution in [2.24, 2.45) is 0 Å². The molecule has 1 aliphatic rings. The molecule has 0 aromatic carbocycles. The molecule has 0 unspecified atom stereocenters. The van der Waals surface area contributed by atoms with Gasteiger partial charge in [-0.3, -0.25) is 14.7 Å². The molecule has 0 radical (unpaired) electrons. The highest BCUT2D eigenvalue weighted by Gasteiger charge is 2.21. The number of amides is 1. The quantitative estimate of drug-likeness (QED) is 0.807. The molecule has 24 heavy (non-hydrogen) atoms. The summed E-state index contributed by atoms with van der Waals surface area (Å²) < 4.78 is 24.6. The molecular formula is C17H20FN3O3. The zero-order valence-electron chi connectivity index (χ0n) is 13.4. The summed E-state index contributed by atoms with van der Waals surface area (Å²) in [6.07, 6.45) is 4.04. The van der Waals surface area contributed by atoms with Crippen LogP contribution in [0.25, 0.3) is 0 Å². The van der Waals surface area contributed by atoms with Gasteiger partial charge in [0.15, 0.2) is 5.82 Å². The lowest BCUT2D eigenvalue weighted by Crippen LogP contribution is -2.43. The number of aromatic nitrogens is 1. The van der Waals surface area contributed by atoms with E-state index in [0.29, 0.717) is 38.6 Å². The molecule has 0 spiro atoms. The summed E-state index contributed by atoms with van der Waals surface area (Å²) in [5, 5.41) is 0. The number of hydrogen-bond donors (Lipinski definition) is 0. The maximum Gasteiger partial charge on any atom is 0.257 e. The fourth-order valence-electron chi connectivity index (χ4n) is 2.65. The molecular weight excluding hydrogens is 313 g/mol. The van der Waals surface area contributed by atoms with Crippen LogP contribution < -0.4 is 0 Å². The number of ether oxygens (including phenoxy) is 1. The Bertz CT molecular complexity index is 657. The Morgan fingerprint density at radius 2 is 2.17 bits per heavy atom. The Hall–Kier alpha value is -2.25. The zero-order valence-corrected chi connectivity index (χ0v) is 13.4. The lowest BCUT2D eigenvalue weighted by Gasteiger charge is -2.30. The van der Waals surface area contributed by atoms with Crippen LogP contribution in [-0.4, -0.2) is 60.1 Å². The third kappa shape index (κ3) is 4.18. The number of furan rings is 1. The second-order valence-electron chi connectivity index (χ2n) is 5.62. The molecule has 0 atom stereocenters. The first-order valence-electron chi connectivity index (χ1n) is 7.95. The highest BCUT2D eigenvalue weighted by molar-refractivity contribution is 5.94. The Morgan fingerprint density at radius 3 is 2.88 bits per heavy atom. The number of carbonyl (C=O) groups excluding carboxylic acids is 1. The van der Waals surface area contributed by atoms with Crippen LogP contribution in [0.2, 0.25) is 0 Å². The molecule has 1 saturated heterocycles. The van der Waals surface area contributed by atoms with Gasteiger partial charge in [0.2, 0.25) is 0 Å². The van der Waals surface area contributed by atoms with E-state index in [1.165, 1.54) is 12.3 Å². The van der Waals surface area contributed by atoms with Gasteiger partial charge in [-0.1, -0.05) is 0 Å². The van der Waals surface area contributed by atoms with Gasteiger partial charge in [-0.15, -0.1) is 0 Å². The minimum absolute atomic E-state index is 0.0264. The van der Waals surface area contributed by atoms with Crippen LogP contribution in [-0.2, 0) is 11.3 Å². The van der Waals surface area contributed by atoms with Crippen LogP contribution in [0.5, 0.6) is 0 Å². The van der Waals surface area contributed by atoms with Crippen molar-refractivity contribution in [2.45, 2.75) is 6.54 Å². The molecule has 6 nitrogen and oxygen atoms in total. The van der Waals surface area contributed by atoms with E-state index in [4.69, 9.17) is 9.15 Å². The van der Waals surface area contributed by atoms with E-state index in [0.717, 1.165) is 19.3 Å². The molecule has 0 bridgehead atoms. The first kappa shape index (κ1) is 16.6. The second-order valence-corrected chi connectivity index (χ2v) is 5.62. The Morgan fingerprint density at radius 1 is 1.33 bits per heavy atom. The van der Waals surface area contributed by atoms with Crippen LogP contribution in [0.4, 0.5) is 4.39 Å². The molecule has 1 amide bonds. The average molecular weight is 333 g/mol. The lowest BCUT2D eigenvalue weighted by atomic mass is 10.2. The largest absolute Gasteiger partial charge is 0.467 e. The number of halogens is 1. The van der Waals surface area contributed by atoms with Gasteiger partial charge in [-0.05, 0) is 18.2 Å². The van der Waals surface area contributed by atoms with E-state index in [2.05, 4.69) is 9.88 Å². The fraction of sp³-hybridized carbons (Fsp3) is 0.412. The van der Waals surface area contributed by atoms with Crippen LogP contribution in [0.15, 0.2) is 41.3 Å². The molecule has 0 aliphatic carbocycles. The highest BCUT2D eigenvalue weighted by atomic mass is 19.1. The van der Waals surface area contributed by atoms with Gasteiger partial charge in [0.25, 0.3) is 5.91 Å². The summed E-state index contributed by atoms with van der Waals surface area (Å²) in [6.45, 7) is 4.58. The molecule has 3 heterocycles. The van der Waals surface area contributed by atoms with E-state index in [-0.39, 0.29) is 11.5 Å². The summed E-state index contributed by atoms with van der Waals surface area (Å²) in [5.74, 6) is -0.308. The number of pyridine rings is 1. The molecule has 128 valence electrons. The predicted octanol–water partition coefficient (Wildman–Crippen LogP) is 1.79. The molecule has 0 N–H and O–H groups in total.